The van der Waals surface area contributed by atoms with E-state index >= 15 is 0 Å². The SMILES string of the molecule is CC/C=C\C[C@H](O)/C=C/C=C\C=C\[C@@H](O)CCN(CCC)CCC. The largest absolute Gasteiger partial charge is 0.389 e. The topological polar surface area (TPSA) is 43.7 Å². The Kier molecular flexibility index (Phi) is 15.9. The van der Waals surface area contributed by atoms with Gasteiger partial charge in [-0.2, -0.15) is 0 Å². The minimum Gasteiger partial charge on any atom is -0.389 e. The van der Waals surface area contributed by atoms with Gasteiger partial charge in [0.05, 0.1) is 12.2 Å². The van der Waals surface area contributed by atoms with Crippen LogP contribution in [0.4, 0.5) is 0 Å². The van der Waals surface area contributed by atoms with Crippen LogP contribution in [0.2, 0.25) is 0 Å². The third kappa shape index (κ3) is 14.4. The molecular weight excluding hydrogens is 298 g/mol. The number of hydrogen-bond donors (Lipinski definition) is 2. The molecule has 2 N–H and O–H groups in total. The summed E-state index contributed by atoms with van der Waals surface area (Å²) in [6.45, 7) is 9.60. The van der Waals surface area contributed by atoms with Crippen LogP contribution in [0.5, 0.6) is 0 Å². The molecule has 0 aromatic rings. The van der Waals surface area contributed by atoms with E-state index in [0.717, 1.165) is 45.3 Å². The summed E-state index contributed by atoms with van der Waals surface area (Å²) in [5, 5.41) is 19.7. The number of rotatable bonds is 14. The van der Waals surface area contributed by atoms with E-state index in [1.54, 1.807) is 6.08 Å². The van der Waals surface area contributed by atoms with E-state index in [1.807, 2.05) is 36.5 Å². The van der Waals surface area contributed by atoms with Gasteiger partial charge in [0.1, 0.15) is 0 Å². The molecule has 0 aromatic carbocycles. The minimum atomic E-state index is -0.435. The van der Waals surface area contributed by atoms with Gasteiger partial charge in [0, 0.05) is 6.54 Å². The Morgan fingerprint density at radius 2 is 1.33 bits per heavy atom. The first-order valence-corrected chi connectivity index (χ1v) is 9.39. The molecule has 0 saturated carbocycles. The summed E-state index contributed by atoms with van der Waals surface area (Å²) in [6, 6.07) is 0. The van der Waals surface area contributed by atoms with Gasteiger partial charge in [-0.15, -0.1) is 0 Å². The molecule has 24 heavy (non-hydrogen) atoms. The summed E-state index contributed by atoms with van der Waals surface area (Å²) in [4.78, 5) is 2.41. The second-order valence-electron chi connectivity index (χ2n) is 6.04. The summed E-state index contributed by atoms with van der Waals surface area (Å²) in [7, 11) is 0. The van der Waals surface area contributed by atoms with Gasteiger partial charge >= 0.3 is 0 Å². The number of hydrogen-bond acceptors (Lipinski definition) is 3. The average molecular weight is 336 g/mol. The van der Waals surface area contributed by atoms with Gasteiger partial charge in [-0.3, -0.25) is 0 Å². The maximum atomic E-state index is 9.99. The third-order valence-electron chi connectivity index (χ3n) is 3.60. The molecular formula is C21H37NO2. The molecule has 0 rings (SSSR count). The van der Waals surface area contributed by atoms with Crippen molar-refractivity contribution < 1.29 is 10.2 Å². The molecule has 0 aromatic heterocycles. The number of aliphatic hydroxyl groups is 2. The Morgan fingerprint density at radius 3 is 1.88 bits per heavy atom. The first-order valence-electron chi connectivity index (χ1n) is 9.39. The normalized spacial score (nSPS) is 15.6. The van der Waals surface area contributed by atoms with Gasteiger partial charge in [-0.1, -0.05) is 69.4 Å². The van der Waals surface area contributed by atoms with Gasteiger partial charge < -0.3 is 15.1 Å². The fourth-order valence-corrected chi connectivity index (χ4v) is 2.37. The molecule has 0 spiro atoms. The van der Waals surface area contributed by atoms with Crippen LogP contribution in [0.3, 0.4) is 0 Å². The Hall–Kier alpha value is -1.16. The van der Waals surface area contributed by atoms with Gasteiger partial charge in [0.2, 0.25) is 0 Å². The zero-order chi connectivity index (χ0) is 18.0. The summed E-state index contributed by atoms with van der Waals surface area (Å²) < 4.78 is 0. The van der Waals surface area contributed by atoms with Crippen molar-refractivity contribution in [2.45, 2.75) is 65.1 Å². The molecule has 0 radical (unpaired) electrons. The molecule has 138 valence electrons. The highest BCUT2D eigenvalue weighted by molar-refractivity contribution is 5.13. The fraction of sp³-hybridized carbons (Fsp3) is 0.619. The number of nitrogens with zero attached hydrogens (tertiary/aromatic N) is 1. The second kappa shape index (κ2) is 16.7. The van der Waals surface area contributed by atoms with Gasteiger partial charge in [-0.05, 0) is 45.2 Å². The van der Waals surface area contributed by atoms with Crippen LogP contribution in [-0.2, 0) is 0 Å². The van der Waals surface area contributed by atoms with Crippen molar-refractivity contribution in [3.05, 3.63) is 48.6 Å². The van der Waals surface area contributed by atoms with E-state index in [2.05, 4.69) is 31.7 Å². The maximum absolute atomic E-state index is 9.99. The quantitative estimate of drug-likeness (QED) is 0.368. The lowest BCUT2D eigenvalue weighted by molar-refractivity contribution is 0.177. The Bertz CT molecular complexity index is 379. The first kappa shape index (κ1) is 22.8. The van der Waals surface area contributed by atoms with Crippen molar-refractivity contribution in [2.24, 2.45) is 0 Å². The van der Waals surface area contributed by atoms with E-state index in [1.165, 1.54) is 0 Å². The van der Waals surface area contributed by atoms with Gasteiger partial charge in [0.25, 0.3) is 0 Å². The highest BCUT2D eigenvalue weighted by Crippen LogP contribution is 2.01. The smallest absolute Gasteiger partial charge is 0.0758 e. The molecule has 0 aliphatic heterocycles. The van der Waals surface area contributed by atoms with Crippen molar-refractivity contribution in [1.29, 1.82) is 0 Å². The zero-order valence-corrected chi connectivity index (χ0v) is 15.8. The fourth-order valence-electron chi connectivity index (χ4n) is 2.37. The predicted molar refractivity (Wildman–Crippen MR) is 105 cm³/mol. The lowest BCUT2D eigenvalue weighted by Crippen LogP contribution is -2.28. The third-order valence-corrected chi connectivity index (χ3v) is 3.60. The van der Waals surface area contributed by atoms with Crippen LogP contribution < -0.4 is 0 Å². The van der Waals surface area contributed by atoms with Gasteiger partial charge in [-0.25, -0.2) is 0 Å². The Labute approximate surface area is 149 Å². The van der Waals surface area contributed by atoms with Crippen molar-refractivity contribution in [2.75, 3.05) is 19.6 Å². The molecule has 0 unspecified atom stereocenters. The average Bonchev–Trinajstić information content (AvgIpc) is 2.56. The lowest BCUT2D eigenvalue weighted by atomic mass is 10.2. The first-order chi connectivity index (χ1) is 11.6. The number of allylic oxidation sites excluding steroid dienone is 5. The minimum absolute atomic E-state index is 0.403. The lowest BCUT2D eigenvalue weighted by Gasteiger charge is -2.21. The molecule has 3 nitrogen and oxygen atoms in total. The molecule has 0 aliphatic carbocycles. The highest BCUT2D eigenvalue weighted by atomic mass is 16.3. The van der Waals surface area contributed by atoms with E-state index in [-0.39, 0.29) is 0 Å². The van der Waals surface area contributed by atoms with Crippen molar-refractivity contribution in [3.63, 3.8) is 0 Å². The van der Waals surface area contributed by atoms with E-state index in [9.17, 15) is 10.2 Å². The molecule has 0 saturated heterocycles. The van der Waals surface area contributed by atoms with Gasteiger partial charge in [0.15, 0.2) is 0 Å². The number of aliphatic hydroxyl groups excluding tert-OH is 2. The molecule has 0 fully saturated rings. The van der Waals surface area contributed by atoms with Crippen LogP contribution in [0.25, 0.3) is 0 Å². The van der Waals surface area contributed by atoms with Crippen LogP contribution in [0.15, 0.2) is 48.6 Å². The maximum Gasteiger partial charge on any atom is 0.0758 e. The summed E-state index contributed by atoms with van der Waals surface area (Å²) in [5.74, 6) is 0. The molecule has 3 heteroatoms. The molecule has 0 bridgehead atoms. The van der Waals surface area contributed by atoms with Crippen LogP contribution >= 0.6 is 0 Å². The van der Waals surface area contributed by atoms with E-state index in [0.29, 0.717) is 6.42 Å². The summed E-state index contributed by atoms with van der Waals surface area (Å²) in [6.07, 6.45) is 19.0. The molecule has 0 amide bonds. The molecule has 0 heterocycles. The van der Waals surface area contributed by atoms with Crippen molar-refractivity contribution in [1.82, 2.24) is 4.90 Å². The van der Waals surface area contributed by atoms with Crippen molar-refractivity contribution in [3.8, 4) is 0 Å². The summed E-state index contributed by atoms with van der Waals surface area (Å²) >= 11 is 0. The van der Waals surface area contributed by atoms with Crippen LogP contribution in [0, 0.1) is 0 Å². The van der Waals surface area contributed by atoms with E-state index in [4.69, 9.17) is 0 Å². The molecule has 2 atom stereocenters. The Morgan fingerprint density at radius 1 is 0.750 bits per heavy atom. The second-order valence-corrected chi connectivity index (χ2v) is 6.04. The summed E-state index contributed by atoms with van der Waals surface area (Å²) in [5.41, 5.74) is 0. The Balaban J connectivity index is 4.00. The zero-order valence-electron chi connectivity index (χ0n) is 15.8. The van der Waals surface area contributed by atoms with Crippen LogP contribution in [-0.4, -0.2) is 47.0 Å². The monoisotopic (exact) mass is 335 g/mol. The standard InChI is InChI=1S/C21H37NO2/c1-4-7-10-13-20(23)14-11-8-9-12-15-21(24)16-19-22(17-5-2)18-6-3/h7-12,14-15,20-21,23-24H,4-6,13,16-19H2,1-3H3/b9-8-,10-7-,14-11+,15-12+/t20-,21+/m0/s1. The van der Waals surface area contributed by atoms with Crippen LogP contribution in [0.1, 0.15) is 52.9 Å². The molecule has 0 aliphatic rings. The highest BCUT2D eigenvalue weighted by Gasteiger charge is 2.05. The van der Waals surface area contributed by atoms with Crippen molar-refractivity contribution >= 4 is 0 Å². The predicted octanol–water partition coefficient (Wildman–Crippen LogP) is 4.25. The van der Waals surface area contributed by atoms with E-state index < -0.39 is 12.2 Å².